The van der Waals surface area contributed by atoms with E-state index in [-0.39, 0.29) is 11.9 Å². The van der Waals surface area contributed by atoms with Crippen molar-refractivity contribution in [2.75, 3.05) is 39.8 Å². The van der Waals surface area contributed by atoms with Crippen molar-refractivity contribution in [2.24, 2.45) is 0 Å². The molecule has 1 unspecified atom stereocenters. The van der Waals surface area contributed by atoms with Crippen molar-refractivity contribution in [2.45, 2.75) is 13.0 Å². The predicted molar refractivity (Wildman–Crippen MR) is 101 cm³/mol. The van der Waals surface area contributed by atoms with Crippen molar-refractivity contribution < 1.29 is 9.84 Å². The maximum Gasteiger partial charge on any atom is 0.230 e. The van der Waals surface area contributed by atoms with Crippen molar-refractivity contribution in [1.82, 2.24) is 24.4 Å². The van der Waals surface area contributed by atoms with Gasteiger partial charge < -0.3 is 14.7 Å². The largest absolute Gasteiger partial charge is 0.496 e. The van der Waals surface area contributed by atoms with Gasteiger partial charge in [0.05, 0.1) is 18.0 Å². The van der Waals surface area contributed by atoms with Crippen molar-refractivity contribution in [3.8, 4) is 11.6 Å². The molecule has 4 rings (SSSR count). The lowest BCUT2D eigenvalue weighted by Gasteiger charge is -2.39. The van der Waals surface area contributed by atoms with Crippen LogP contribution in [0, 0.1) is 0 Å². The van der Waals surface area contributed by atoms with Crippen LogP contribution in [0.1, 0.15) is 23.4 Å². The topological polar surface area (TPSA) is 66.1 Å². The third kappa shape index (κ3) is 2.94. The van der Waals surface area contributed by atoms with Crippen molar-refractivity contribution in [3.63, 3.8) is 0 Å². The molecule has 1 atom stereocenters. The Labute approximate surface area is 156 Å². The van der Waals surface area contributed by atoms with Gasteiger partial charge in [-0.05, 0) is 12.6 Å². The van der Waals surface area contributed by atoms with Gasteiger partial charge in [-0.3, -0.25) is 4.90 Å². The second-order valence-electron chi connectivity index (χ2n) is 6.36. The first-order valence-electron chi connectivity index (χ1n) is 8.83. The minimum Gasteiger partial charge on any atom is -0.496 e. The summed E-state index contributed by atoms with van der Waals surface area (Å²) in [6.45, 7) is 7.16. The van der Waals surface area contributed by atoms with Gasteiger partial charge >= 0.3 is 0 Å². The van der Waals surface area contributed by atoms with Crippen LogP contribution in [-0.4, -0.2) is 69.3 Å². The molecular weight excluding hydrogens is 350 g/mol. The van der Waals surface area contributed by atoms with Gasteiger partial charge in [-0.2, -0.15) is 9.61 Å². The standard InChI is InChI=1S/C18H23N5O2S/c1-3-21-8-10-22(11-9-21)15(13-6-4-5-7-14(13)25-2)16-17(24)23-18(26-16)19-12-20-23/h4-7,12,15,24H,3,8-11H2,1-2H3. The van der Waals surface area contributed by atoms with E-state index >= 15 is 0 Å². The molecule has 0 saturated carbocycles. The molecule has 138 valence electrons. The molecule has 1 aromatic carbocycles. The molecule has 3 heterocycles. The molecule has 1 aliphatic heterocycles. The quantitative estimate of drug-likeness (QED) is 0.740. The van der Waals surface area contributed by atoms with Crippen LogP contribution in [0.15, 0.2) is 30.6 Å². The van der Waals surface area contributed by atoms with Crippen LogP contribution in [0.4, 0.5) is 0 Å². The van der Waals surface area contributed by atoms with Crippen LogP contribution < -0.4 is 4.74 Å². The van der Waals surface area contributed by atoms with E-state index in [4.69, 9.17) is 4.74 Å². The lowest BCUT2D eigenvalue weighted by Crippen LogP contribution is -2.47. The molecule has 1 fully saturated rings. The minimum atomic E-state index is -0.0846. The summed E-state index contributed by atoms with van der Waals surface area (Å²) < 4.78 is 7.13. The monoisotopic (exact) mass is 373 g/mol. The summed E-state index contributed by atoms with van der Waals surface area (Å²) in [6, 6.07) is 7.95. The van der Waals surface area contributed by atoms with Crippen molar-refractivity contribution >= 4 is 16.3 Å². The number of fused-ring (bicyclic) bond motifs is 1. The van der Waals surface area contributed by atoms with E-state index in [1.54, 1.807) is 7.11 Å². The number of rotatable bonds is 5. The first kappa shape index (κ1) is 17.3. The van der Waals surface area contributed by atoms with E-state index in [9.17, 15) is 5.11 Å². The van der Waals surface area contributed by atoms with Gasteiger partial charge in [0.1, 0.15) is 12.1 Å². The van der Waals surface area contributed by atoms with Gasteiger partial charge in [-0.15, -0.1) is 0 Å². The number of ether oxygens (including phenoxy) is 1. The molecule has 2 aromatic heterocycles. The Balaban J connectivity index is 1.79. The maximum atomic E-state index is 10.8. The Kier molecular flexibility index (Phi) is 4.80. The minimum absolute atomic E-state index is 0.0846. The van der Waals surface area contributed by atoms with Crippen LogP contribution in [0.25, 0.3) is 4.96 Å². The normalized spacial score (nSPS) is 17.6. The smallest absolute Gasteiger partial charge is 0.230 e. The fourth-order valence-corrected chi connectivity index (χ4v) is 4.69. The SMILES string of the molecule is CCN1CCN(C(c2ccccc2OC)c2sc3ncnn3c2O)CC1. The highest BCUT2D eigenvalue weighted by Crippen LogP contribution is 2.42. The molecule has 1 aliphatic rings. The van der Waals surface area contributed by atoms with E-state index in [0.717, 1.165) is 48.9 Å². The number of likely N-dealkylation sites (N-methyl/N-ethyl adjacent to an activating group) is 1. The molecule has 0 bridgehead atoms. The molecule has 7 nitrogen and oxygen atoms in total. The van der Waals surface area contributed by atoms with Crippen LogP contribution in [-0.2, 0) is 0 Å². The Hall–Kier alpha value is -2.16. The molecule has 1 N–H and O–H groups in total. The number of hydrogen-bond acceptors (Lipinski definition) is 7. The van der Waals surface area contributed by atoms with Gasteiger partial charge in [-0.1, -0.05) is 36.5 Å². The average Bonchev–Trinajstić information content (AvgIpc) is 3.27. The summed E-state index contributed by atoms with van der Waals surface area (Å²) in [5.74, 6) is 0.991. The molecule has 0 radical (unpaired) electrons. The number of aromatic hydroxyl groups is 1. The lowest BCUT2D eigenvalue weighted by molar-refractivity contribution is 0.112. The first-order valence-corrected chi connectivity index (χ1v) is 9.65. The highest BCUT2D eigenvalue weighted by Gasteiger charge is 2.32. The Bertz CT molecular complexity index is 885. The molecule has 0 spiro atoms. The Morgan fingerprint density at radius 3 is 2.69 bits per heavy atom. The van der Waals surface area contributed by atoms with E-state index in [1.807, 2.05) is 18.2 Å². The Morgan fingerprint density at radius 2 is 2.00 bits per heavy atom. The van der Waals surface area contributed by atoms with E-state index < -0.39 is 0 Å². The van der Waals surface area contributed by atoms with Crippen molar-refractivity contribution in [3.05, 3.63) is 41.0 Å². The number of methoxy groups -OCH3 is 1. The zero-order valence-corrected chi connectivity index (χ0v) is 15.8. The van der Waals surface area contributed by atoms with Crippen LogP contribution in [0.5, 0.6) is 11.6 Å². The van der Waals surface area contributed by atoms with E-state index in [0.29, 0.717) is 4.96 Å². The lowest BCUT2D eigenvalue weighted by atomic mass is 10.0. The number of aromatic nitrogens is 3. The van der Waals surface area contributed by atoms with Gasteiger partial charge in [0, 0.05) is 31.7 Å². The number of para-hydroxylation sites is 1. The molecule has 3 aromatic rings. The second kappa shape index (κ2) is 7.22. The number of nitrogens with zero attached hydrogens (tertiary/aromatic N) is 5. The average molecular weight is 373 g/mol. The fourth-order valence-electron chi connectivity index (χ4n) is 3.61. The third-order valence-electron chi connectivity index (χ3n) is 5.04. The molecule has 0 aliphatic carbocycles. The number of piperazine rings is 1. The summed E-state index contributed by atoms with van der Waals surface area (Å²) in [5, 5.41) is 14.9. The van der Waals surface area contributed by atoms with Gasteiger partial charge in [0.25, 0.3) is 0 Å². The number of benzene rings is 1. The molecule has 0 amide bonds. The molecule has 8 heteroatoms. The first-order chi connectivity index (χ1) is 12.7. The fraction of sp³-hybridized carbons (Fsp3) is 0.444. The summed E-state index contributed by atoms with van der Waals surface area (Å²) in [5.41, 5.74) is 1.06. The highest BCUT2D eigenvalue weighted by atomic mass is 32.1. The number of thiazole rings is 1. The summed E-state index contributed by atoms with van der Waals surface area (Å²) in [7, 11) is 1.69. The summed E-state index contributed by atoms with van der Waals surface area (Å²) in [4.78, 5) is 10.7. The van der Waals surface area contributed by atoms with Crippen LogP contribution >= 0.6 is 11.3 Å². The summed E-state index contributed by atoms with van der Waals surface area (Å²) >= 11 is 1.48. The third-order valence-corrected chi connectivity index (χ3v) is 6.13. The van der Waals surface area contributed by atoms with E-state index in [1.165, 1.54) is 22.2 Å². The van der Waals surface area contributed by atoms with Gasteiger partial charge in [0.15, 0.2) is 0 Å². The van der Waals surface area contributed by atoms with Gasteiger partial charge in [0.2, 0.25) is 10.8 Å². The van der Waals surface area contributed by atoms with E-state index in [2.05, 4.69) is 32.9 Å². The van der Waals surface area contributed by atoms with Gasteiger partial charge in [-0.25, -0.2) is 4.98 Å². The number of hydrogen-bond donors (Lipinski definition) is 1. The van der Waals surface area contributed by atoms with Crippen LogP contribution in [0.3, 0.4) is 0 Å². The predicted octanol–water partition coefficient (Wildman–Crippen LogP) is 2.23. The molecular formula is C18H23N5O2S. The van der Waals surface area contributed by atoms with Crippen LogP contribution in [0.2, 0.25) is 0 Å². The van der Waals surface area contributed by atoms with Crippen molar-refractivity contribution in [1.29, 1.82) is 0 Å². The maximum absolute atomic E-state index is 10.8. The Morgan fingerprint density at radius 1 is 1.23 bits per heavy atom. The second-order valence-corrected chi connectivity index (χ2v) is 7.37. The zero-order chi connectivity index (χ0) is 18.1. The zero-order valence-electron chi connectivity index (χ0n) is 15.0. The summed E-state index contributed by atoms with van der Waals surface area (Å²) in [6.07, 6.45) is 1.47. The molecule has 1 saturated heterocycles. The molecule has 26 heavy (non-hydrogen) atoms. The highest BCUT2D eigenvalue weighted by molar-refractivity contribution is 7.17.